The molecule has 0 aliphatic carbocycles. The lowest BCUT2D eigenvalue weighted by molar-refractivity contribution is -0.137. The number of carbonyl (C=O) groups excluding carboxylic acids is 1. The maximum Gasteiger partial charge on any atom is 0.417 e. The molecule has 6 heteroatoms. The first-order chi connectivity index (χ1) is 9.95. The summed E-state index contributed by atoms with van der Waals surface area (Å²) in [7, 11) is 1.61. The maximum atomic E-state index is 12.9. The number of alkyl halides is 3. The van der Waals surface area contributed by atoms with Crippen molar-refractivity contribution < 1.29 is 22.7 Å². The summed E-state index contributed by atoms with van der Waals surface area (Å²) in [6.45, 7) is 1.72. The van der Waals surface area contributed by atoms with Crippen LogP contribution in [0.15, 0.2) is 29.8 Å². The van der Waals surface area contributed by atoms with E-state index < -0.39 is 11.7 Å². The summed E-state index contributed by atoms with van der Waals surface area (Å²) in [6.07, 6.45) is -1.57. The van der Waals surface area contributed by atoms with Crippen LogP contribution in [0.5, 0.6) is 0 Å². The number of hydrogen-bond donors (Lipinski definition) is 0. The Balaban J connectivity index is 2.24. The zero-order chi connectivity index (χ0) is 15.5. The summed E-state index contributed by atoms with van der Waals surface area (Å²) >= 11 is 0. The third-order valence-corrected chi connectivity index (χ3v) is 3.47. The molecule has 0 bridgehead atoms. The van der Waals surface area contributed by atoms with Crippen LogP contribution in [0.25, 0.3) is 0 Å². The highest BCUT2D eigenvalue weighted by molar-refractivity contribution is 5.79. The van der Waals surface area contributed by atoms with Crippen molar-refractivity contribution in [2.24, 2.45) is 0 Å². The molecule has 1 aliphatic heterocycles. The van der Waals surface area contributed by atoms with Crippen LogP contribution in [0.1, 0.15) is 22.3 Å². The van der Waals surface area contributed by atoms with Crippen LogP contribution < -0.4 is 4.90 Å². The lowest BCUT2D eigenvalue weighted by atomic mass is 10.0. The number of hydrogen-bond acceptors (Lipinski definition) is 3. The van der Waals surface area contributed by atoms with Gasteiger partial charge in [0, 0.05) is 31.5 Å². The van der Waals surface area contributed by atoms with E-state index in [1.165, 1.54) is 6.07 Å². The molecule has 0 saturated carbocycles. The summed E-state index contributed by atoms with van der Waals surface area (Å²) in [6, 6.07) is 3.81. The SMILES string of the molecule is COCC1=CCN(c2ccc(C=O)c(C(F)(F)F)c2)CC1. The number of nitrogens with zero attached hydrogens (tertiary/aromatic N) is 1. The number of halogens is 3. The van der Waals surface area contributed by atoms with Crippen LogP contribution in [0.3, 0.4) is 0 Å². The minimum atomic E-state index is -4.53. The fourth-order valence-corrected chi connectivity index (χ4v) is 2.35. The molecule has 114 valence electrons. The fourth-order valence-electron chi connectivity index (χ4n) is 2.35. The summed E-state index contributed by atoms with van der Waals surface area (Å²) in [4.78, 5) is 12.6. The molecule has 1 heterocycles. The van der Waals surface area contributed by atoms with Gasteiger partial charge in [0.2, 0.25) is 0 Å². The lowest BCUT2D eigenvalue weighted by Gasteiger charge is -2.29. The molecule has 0 aromatic heterocycles. The highest BCUT2D eigenvalue weighted by Gasteiger charge is 2.34. The van der Waals surface area contributed by atoms with Gasteiger partial charge in [-0.25, -0.2) is 0 Å². The van der Waals surface area contributed by atoms with E-state index in [0.717, 1.165) is 18.1 Å². The predicted octanol–water partition coefficient (Wildman–Crippen LogP) is 3.30. The third-order valence-electron chi connectivity index (χ3n) is 3.47. The highest BCUT2D eigenvalue weighted by atomic mass is 19.4. The minimum absolute atomic E-state index is 0.236. The van der Waals surface area contributed by atoms with E-state index in [0.29, 0.717) is 25.4 Å². The Morgan fingerprint density at radius 1 is 1.38 bits per heavy atom. The Hall–Kier alpha value is -1.82. The first kappa shape index (κ1) is 15.6. The number of anilines is 1. The first-order valence-corrected chi connectivity index (χ1v) is 6.54. The normalized spacial score (nSPS) is 15.8. The number of methoxy groups -OCH3 is 1. The molecule has 0 unspecified atom stereocenters. The zero-order valence-electron chi connectivity index (χ0n) is 11.6. The van der Waals surface area contributed by atoms with E-state index in [4.69, 9.17) is 4.74 Å². The molecule has 3 nitrogen and oxygen atoms in total. The van der Waals surface area contributed by atoms with E-state index >= 15 is 0 Å². The Morgan fingerprint density at radius 2 is 2.14 bits per heavy atom. The molecule has 0 N–H and O–H groups in total. The minimum Gasteiger partial charge on any atom is -0.380 e. The molecule has 21 heavy (non-hydrogen) atoms. The molecular formula is C15H16F3NO2. The van der Waals surface area contributed by atoms with E-state index in [2.05, 4.69) is 0 Å². The molecule has 1 aromatic rings. The van der Waals surface area contributed by atoms with Gasteiger partial charge in [-0.2, -0.15) is 13.2 Å². The second kappa shape index (κ2) is 6.30. The van der Waals surface area contributed by atoms with Crippen LogP contribution in [-0.2, 0) is 10.9 Å². The second-order valence-electron chi connectivity index (χ2n) is 4.88. The number of ether oxygens (including phenoxy) is 1. The van der Waals surface area contributed by atoms with Gasteiger partial charge in [0.15, 0.2) is 6.29 Å². The lowest BCUT2D eigenvalue weighted by Crippen LogP contribution is -2.29. The second-order valence-corrected chi connectivity index (χ2v) is 4.88. The van der Waals surface area contributed by atoms with Gasteiger partial charge in [-0.1, -0.05) is 6.08 Å². The van der Waals surface area contributed by atoms with E-state index in [1.54, 1.807) is 13.2 Å². The monoisotopic (exact) mass is 299 g/mol. The summed E-state index contributed by atoms with van der Waals surface area (Å²) in [5, 5.41) is 0. The standard InChI is InChI=1S/C15H16F3NO2/c1-21-10-11-4-6-19(7-5-11)13-3-2-12(9-20)14(8-13)15(16,17)18/h2-4,8-9H,5-7,10H2,1H3. The van der Waals surface area contributed by atoms with Crippen molar-refractivity contribution in [2.75, 3.05) is 31.7 Å². The van der Waals surface area contributed by atoms with Gasteiger partial charge < -0.3 is 9.64 Å². The van der Waals surface area contributed by atoms with Gasteiger partial charge in [-0.3, -0.25) is 4.79 Å². The highest BCUT2D eigenvalue weighted by Crippen LogP contribution is 2.34. The van der Waals surface area contributed by atoms with Crippen LogP contribution >= 0.6 is 0 Å². The summed E-state index contributed by atoms with van der Waals surface area (Å²) < 4.78 is 43.9. The average molecular weight is 299 g/mol. The fraction of sp³-hybridized carbons (Fsp3) is 0.400. The Kier molecular flexibility index (Phi) is 4.67. The van der Waals surface area contributed by atoms with Crippen LogP contribution in [0, 0.1) is 0 Å². The molecule has 0 spiro atoms. The molecule has 0 fully saturated rings. The van der Waals surface area contributed by atoms with Crippen LogP contribution in [-0.4, -0.2) is 33.1 Å². The smallest absolute Gasteiger partial charge is 0.380 e. The number of benzene rings is 1. The van der Waals surface area contributed by atoms with Gasteiger partial charge in [0.05, 0.1) is 12.2 Å². The van der Waals surface area contributed by atoms with E-state index in [9.17, 15) is 18.0 Å². The van der Waals surface area contributed by atoms with Crippen molar-refractivity contribution in [3.63, 3.8) is 0 Å². The van der Waals surface area contributed by atoms with Gasteiger partial charge in [0.1, 0.15) is 0 Å². The Labute approximate surface area is 121 Å². The molecule has 0 saturated heterocycles. The molecule has 1 aliphatic rings. The number of aldehydes is 1. The molecule has 0 amide bonds. The van der Waals surface area contributed by atoms with Gasteiger partial charge in [-0.05, 0) is 30.2 Å². The van der Waals surface area contributed by atoms with Crippen molar-refractivity contribution in [3.8, 4) is 0 Å². The number of rotatable bonds is 4. The first-order valence-electron chi connectivity index (χ1n) is 6.54. The van der Waals surface area contributed by atoms with Crippen molar-refractivity contribution in [3.05, 3.63) is 41.0 Å². The van der Waals surface area contributed by atoms with Crippen molar-refractivity contribution in [1.82, 2.24) is 0 Å². The average Bonchev–Trinajstić information content (AvgIpc) is 2.47. The maximum absolute atomic E-state index is 12.9. The molecule has 0 atom stereocenters. The quantitative estimate of drug-likeness (QED) is 0.631. The van der Waals surface area contributed by atoms with Gasteiger partial charge >= 0.3 is 6.18 Å². The zero-order valence-corrected chi connectivity index (χ0v) is 11.6. The largest absolute Gasteiger partial charge is 0.417 e. The predicted molar refractivity (Wildman–Crippen MR) is 73.6 cm³/mol. The topological polar surface area (TPSA) is 29.5 Å². The molecule has 1 aromatic carbocycles. The van der Waals surface area contributed by atoms with Gasteiger partial charge in [0.25, 0.3) is 0 Å². The summed E-state index contributed by atoms with van der Waals surface area (Å²) in [5.41, 5.74) is 0.399. The van der Waals surface area contributed by atoms with Crippen molar-refractivity contribution in [2.45, 2.75) is 12.6 Å². The Morgan fingerprint density at radius 3 is 2.67 bits per heavy atom. The molecule has 2 rings (SSSR count). The van der Waals surface area contributed by atoms with E-state index in [-0.39, 0.29) is 11.8 Å². The van der Waals surface area contributed by atoms with Gasteiger partial charge in [-0.15, -0.1) is 0 Å². The van der Waals surface area contributed by atoms with Crippen molar-refractivity contribution in [1.29, 1.82) is 0 Å². The third kappa shape index (κ3) is 3.64. The van der Waals surface area contributed by atoms with E-state index in [1.807, 2.05) is 11.0 Å². The van der Waals surface area contributed by atoms with Crippen molar-refractivity contribution >= 4 is 12.0 Å². The van der Waals surface area contributed by atoms with Crippen LogP contribution in [0.4, 0.5) is 18.9 Å². The van der Waals surface area contributed by atoms with Crippen LogP contribution in [0.2, 0.25) is 0 Å². The number of carbonyl (C=O) groups is 1. The molecular weight excluding hydrogens is 283 g/mol. The molecule has 0 radical (unpaired) electrons. The summed E-state index contributed by atoms with van der Waals surface area (Å²) in [5.74, 6) is 0. The Bertz CT molecular complexity index is 552.